The molecule has 25 heavy (non-hydrogen) atoms. The third kappa shape index (κ3) is 3.69. The summed E-state index contributed by atoms with van der Waals surface area (Å²) < 4.78 is 26.4. The Morgan fingerprint density at radius 3 is 2.76 bits per heavy atom. The van der Waals surface area contributed by atoms with Gasteiger partial charge in [0, 0.05) is 30.0 Å². The fraction of sp³-hybridized carbons (Fsp3) is 0.188. The van der Waals surface area contributed by atoms with Gasteiger partial charge < -0.3 is 4.90 Å². The van der Waals surface area contributed by atoms with Crippen molar-refractivity contribution in [3.63, 3.8) is 0 Å². The van der Waals surface area contributed by atoms with Crippen LogP contribution in [0.1, 0.15) is 22.9 Å². The summed E-state index contributed by atoms with van der Waals surface area (Å²) in [6.45, 7) is -2.75. The molecule has 0 aliphatic carbocycles. The first-order chi connectivity index (χ1) is 12.0. The van der Waals surface area contributed by atoms with Gasteiger partial charge in [0.1, 0.15) is 11.5 Å². The van der Waals surface area contributed by atoms with Gasteiger partial charge in [0.05, 0.1) is 12.2 Å². The number of imidazole rings is 1. The van der Waals surface area contributed by atoms with Gasteiger partial charge in [0.2, 0.25) is 0 Å². The van der Waals surface area contributed by atoms with E-state index in [1.54, 1.807) is 30.3 Å². The number of carbonyl (C=O) groups is 1. The number of amides is 1. The van der Waals surface area contributed by atoms with E-state index in [1.165, 1.54) is 24.3 Å². The van der Waals surface area contributed by atoms with Gasteiger partial charge in [-0.3, -0.25) is 14.5 Å². The lowest BCUT2D eigenvalue weighted by molar-refractivity contribution is 0.0611. The number of hydrogen-bond donors (Lipinski definition) is 1. The Balaban J connectivity index is 1.74. The first-order valence-corrected chi connectivity index (χ1v) is 7.70. The normalized spacial score (nSPS) is 11.1. The molecule has 1 N–H and O–H groups in total. The van der Waals surface area contributed by atoms with Crippen LogP contribution in [0.3, 0.4) is 0 Å². The van der Waals surface area contributed by atoms with Gasteiger partial charge in [0.15, 0.2) is 0 Å². The highest BCUT2D eigenvalue weighted by Gasteiger charge is 2.19. The highest BCUT2D eigenvalue weighted by molar-refractivity contribution is 6.30. The Morgan fingerprint density at radius 2 is 2.08 bits per heavy atom. The van der Waals surface area contributed by atoms with E-state index >= 15 is 0 Å². The molecule has 0 fully saturated rings. The number of aromatic amines is 1. The Hall–Kier alpha value is -2.74. The van der Waals surface area contributed by atoms with Crippen LogP contribution in [-0.2, 0) is 6.54 Å². The second-order valence-electron chi connectivity index (χ2n) is 5.36. The summed E-state index contributed by atoms with van der Waals surface area (Å²) in [7, 11) is 1.51. The predicted molar refractivity (Wildman–Crippen MR) is 88.3 cm³/mol. The van der Waals surface area contributed by atoms with E-state index in [0.29, 0.717) is 10.7 Å². The molecule has 2 heterocycles. The molecule has 9 heteroatoms. The van der Waals surface area contributed by atoms with Gasteiger partial charge in [-0.15, -0.1) is 0 Å². The number of alkyl halides is 2. The summed E-state index contributed by atoms with van der Waals surface area (Å²) in [6, 6.07) is 8.63. The first-order valence-electron chi connectivity index (χ1n) is 7.32. The number of nitrogens with zero attached hydrogens (tertiary/aromatic N) is 4. The minimum Gasteiger partial charge on any atom is -0.333 e. The molecule has 0 aliphatic heterocycles. The van der Waals surface area contributed by atoms with Crippen molar-refractivity contribution < 1.29 is 13.6 Å². The van der Waals surface area contributed by atoms with E-state index < -0.39 is 6.55 Å². The van der Waals surface area contributed by atoms with Crippen LogP contribution in [0, 0.1) is 0 Å². The van der Waals surface area contributed by atoms with Crippen LogP contribution >= 0.6 is 11.6 Å². The van der Waals surface area contributed by atoms with Gasteiger partial charge in [-0.2, -0.15) is 13.9 Å². The molecule has 1 aromatic carbocycles. The van der Waals surface area contributed by atoms with Crippen molar-refractivity contribution in [2.75, 3.05) is 7.05 Å². The number of carbonyl (C=O) groups excluding carboxylic acids is 1. The van der Waals surface area contributed by atoms with Crippen molar-refractivity contribution in [2.24, 2.45) is 0 Å². The van der Waals surface area contributed by atoms with Gasteiger partial charge in [-0.25, -0.2) is 4.98 Å². The summed E-state index contributed by atoms with van der Waals surface area (Å²) in [5.41, 5.74) is 1.64. The van der Waals surface area contributed by atoms with Crippen LogP contribution in [0.2, 0.25) is 5.02 Å². The SMILES string of the molecule is CN(Cc1nccn1C(F)F)C(=O)c1cc(-c2ccc(Cl)cc2)n[nH]1. The molecule has 3 aromatic rings. The van der Waals surface area contributed by atoms with E-state index in [9.17, 15) is 13.6 Å². The maximum Gasteiger partial charge on any atom is 0.319 e. The van der Waals surface area contributed by atoms with E-state index in [4.69, 9.17) is 11.6 Å². The second kappa shape index (κ2) is 7.02. The van der Waals surface area contributed by atoms with Crippen LogP contribution < -0.4 is 0 Å². The fourth-order valence-electron chi connectivity index (χ4n) is 2.33. The summed E-state index contributed by atoms with van der Waals surface area (Å²) >= 11 is 5.85. The number of rotatable bonds is 5. The van der Waals surface area contributed by atoms with Crippen molar-refractivity contribution >= 4 is 17.5 Å². The fourth-order valence-corrected chi connectivity index (χ4v) is 2.46. The number of nitrogens with one attached hydrogen (secondary N) is 1. The summed E-state index contributed by atoms with van der Waals surface area (Å²) in [6.07, 6.45) is 2.45. The molecule has 0 spiro atoms. The average Bonchev–Trinajstić information content (AvgIpc) is 3.24. The highest BCUT2D eigenvalue weighted by atomic mass is 35.5. The lowest BCUT2D eigenvalue weighted by Crippen LogP contribution is -2.28. The van der Waals surface area contributed by atoms with E-state index in [1.807, 2.05) is 0 Å². The molecule has 2 aromatic heterocycles. The molecular formula is C16H14ClF2N5O. The van der Waals surface area contributed by atoms with E-state index in [0.717, 1.165) is 10.1 Å². The summed E-state index contributed by atoms with van der Waals surface area (Å²) in [5, 5.41) is 7.37. The molecule has 0 bridgehead atoms. The lowest BCUT2D eigenvalue weighted by Gasteiger charge is -2.16. The van der Waals surface area contributed by atoms with Crippen molar-refractivity contribution in [3.8, 4) is 11.3 Å². The number of halogens is 3. The van der Waals surface area contributed by atoms with Crippen molar-refractivity contribution in [1.29, 1.82) is 0 Å². The Labute approximate surface area is 147 Å². The number of H-pyrrole nitrogens is 1. The molecule has 0 aliphatic rings. The minimum atomic E-state index is -2.70. The number of aromatic nitrogens is 4. The van der Waals surface area contributed by atoms with Crippen LogP contribution in [0.5, 0.6) is 0 Å². The molecule has 0 radical (unpaired) electrons. The zero-order valence-electron chi connectivity index (χ0n) is 13.2. The minimum absolute atomic E-state index is 0.0501. The summed E-state index contributed by atoms with van der Waals surface area (Å²) in [5.74, 6) is -0.278. The molecule has 1 amide bonds. The molecule has 0 saturated carbocycles. The second-order valence-corrected chi connectivity index (χ2v) is 5.80. The lowest BCUT2D eigenvalue weighted by atomic mass is 10.1. The maximum atomic E-state index is 12.8. The van der Waals surface area contributed by atoms with Crippen molar-refractivity contribution in [2.45, 2.75) is 13.1 Å². The van der Waals surface area contributed by atoms with Gasteiger partial charge in [-0.1, -0.05) is 23.7 Å². The molecule has 6 nitrogen and oxygen atoms in total. The molecule has 3 rings (SSSR count). The molecular weight excluding hydrogens is 352 g/mol. The Kier molecular flexibility index (Phi) is 4.80. The monoisotopic (exact) mass is 365 g/mol. The highest BCUT2D eigenvalue weighted by Crippen LogP contribution is 2.21. The third-order valence-electron chi connectivity index (χ3n) is 3.63. The average molecular weight is 366 g/mol. The first kappa shape index (κ1) is 17.1. The zero-order chi connectivity index (χ0) is 18.0. The van der Waals surface area contributed by atoms with Gasteiger partial charge >= 0.3 is 6.55 Å². The standard InChI is InChI=1S/C16H14ClF2N5O/c1-23(9-14-20-6-7-24(14)16(18)19)15(25)13-8-12(21-22-13)10-2-4-11(17)5-3-10/h2-8,16H,9H2,1H3,(H,21,22). The Bertz CT molecular complexity index is 875. The van der Waals surface area contributed by atoms with Crippen LogP contribution in [-0.4, -0.2) is 37.6 Å². The Morgan fingerprint density at radius 1 is 1.36 bits per heavy atom. The topological polar surface area (TPSA) is 66.8 Å². The molecule has 0 saturated heterocycles. The largest absolute Gasteiger partial charge is 0.333 e. The van der Waals surface area contributed by atoms with E-state index in [-0.39, 0.29) is 24.0 Å². The van der Waals surface area contributed by atoms with Crippen LogP contribution in [0.15, 0.2) is 42.7 Å². The van der Waals surface area contributed by atoms with Crippen molar-refractivity contribution in [1.82, 2.24) is 24.6 Å². The van der Waals surface area contributed by atoms with Crippen molar-refractivity contribution in [3.05, 3.63) is 59.3 Å². The molecule has 0 unspecified atom stereocenters. The summed E-state index contributed by atoms with van der Waals surface area (Å²) in [4.78, 5) is 17.6. The van der Waals surface area contributed by atoms with Crippen LogP contribution in [0.25, 0.3) is 11.3 Å². The molecule has 0 atom stereocenters. The zero-order valence-corrected chi connectivity index (χ0v) is 13.9. The maximum absolute atomic E-state index is 12.8. The van der Waals surface area contributed by atoms with E-state index in [2.05, 4.69) is 15.2 Å². The number of benzene rings is 1. The number of hydrogen-bond acceptors (Lipinski definition) is 3. The van der Waals surface area contributed by atoms with Crippen LogP contribution in [0.4, 0.5) is 8.78 Å². The third-order valence-corrected chi connectivity index (χ3v) is 3.88. The predicted octanol–water partition coefficient (Wildman–Crippen LogP) is 3.59. The quantitative estimate of drug-likeness (QED) is 0.751. The van der Waals surface area contributed by atoms with Gasteiger partial charge in [0.25, 0.3) is 5.91 Å². The smallest absolute Gasteiger partial charge is 0.319 e. The molecule has 130 valence electrons. The van der Waals surface area contributed by atoms with Gasteiger partial charge in [-0.05, 0) is 18.2 Å².